The monoisotopic (exact) mass is 505 g/mol. The van der Waals surface area contributed by atoms with E-state index in [4.69, 9.17) is 0 Å². The van der Waals surface area contributed by atoms with Gasteiger partial charge in [-0.1, -0.05) is 32.0 Å². The summed E-state index contributed by atoms with van der Waals surface area (Å²) in [6.45, 7) is 4.02. The van der Waals surface area contributed by atoms with Crippen LogP contribution < -0.4 is 0 Å². The van der Waals surface area contributed by atoms with E-state index in [2.05, 4.69) is 5.10 Å². The molecule has 0 aliphatic heterocycles. The number of hydrogen-bond donors (Lipinski definition) is 1. The van der Waals surface area contributed by atoms with Gasteiger partial charge in [0, 0.05) is 22.2 Å². The Balaban J connectivity index is 1.83. The molecule has 0 aliphatic carbocycles. The first-order valence-electron chi connectivity index (χ1n) is 11.5. The second-order valence-corrected chi connectivity index (χ2v) is 10.7. The van der Waals surface area contributed by atoms with Crippen LogP contribution in [0.1, 0.15) is 37.4 Å². The highest BCUT2D eigenvalue weighted by Gasteiger charge is 2.25. The fourth-order valence-corrected chi connectivity index (χ4v) is 6.03. The fraction of sp³-hybridized carbons (Fsp3) is 0.185. The van der Waals surface area contributed by atoms with E-state index in [1.165, 1.54) is 30.5 Å². The summed E-state index contributed by atoms with van der Waals surface area (Å²) >= 11 is 0. The maximum Gasteiger partial charge on any atom is 0.303 e. The van der Waals surface area contributed by atoms with Crippen molar-refractivity contribution < 1.29 is 22.7 Å². The number of rotatable bonds is 7. The van der Waals surface area contributed by atoms with Crippen LogP contribution in [0.5, 0.6) is 0 Å². The molecule has 0 radical (unpaired) electrons. The molecule has 0 amide bonds. The van der Waals surface area contributed by atoms with Crippen LogP contribution >= 0.6 is 0 Å². The lowest BCUT2D eigenvalue weighted by Crippen LogP contribution is -2.14. The second kappa shape index (κ2) is 8.91. The lowest BCUT2D eigenvalue weighted by atomic mass is 9.97. The summed E-state index contributed by atoms with van der Waals surface area (Å²) in [5.74, 6) is -1.28. The Morgan fingerprint density at radius 1 is 1.03 bits per heavy atom. The Kier molecular flexibility index (Phi) is 5.88. The minimum Gasteiger partial charge on any atom is -0.481 e. The number of nitrogens with zero attached hydrogens (tertiary/aromatic N) is 3. The first kappa shape index (κ1) is 23.7. The summed E-state index contributed by atoms with van der Waals surface area (Å²) in [6.07, 6.45) is 1.69. The van der Waals surface area contributed by atoms with Gasteiger partial charge in [-0.25, -0.2) is 4.39 Å². The average molecular weight is 506 g/mol. The van der Waals surface area contributed by atoms with Crippen LogP contribution in [0.2, 0.25) is 0 Å². The van der Waals surface area contributed by atoms with Gasteiger partial charge in [-0.3, -0.25) is 4.79 Å². The summed E-state index contributed by atoms with van der Waals surface area (Å²) in [4.78, 5) is 11.6. The van der Waals surface area contributed by atoms with Crippen molar-refractivity contribution in [3.63, 3.8) is 0 Å². The maximum atomic E-state index is 13.7. The van der Waals surface area contributed by atoms with Crippen molar-refractivity contribution in [2.75, 3.05) is 0 Å². The Bertz CT molecular complexity index is 1700. The molecular formula is C27H24FN3O4S. The van der Waals surface area contributed by atoms with Crippen LogP contribution in [0.4, 0.5) is 4.39 Å². The Morgan fingerprint density at radius 3 is 2.36 bits per heavy atom. The van der Waals surface area contributed by atoms with Crippen LogP contribution in [0.25, 0.3) is 27.5 Å². The Labute approximate surface area is 207 Å². The number of halogens is 1. The SMILES string of the molecule is CC(C)c1c(CCC(=O)O)n(-c2ccc(F)cc2)c2cc3cnn(S(=O)(=O)c4ccccc4)c3cc12. The number of carboxylic acids is 1. The summed E-state index contributed by atoms with van der Waals surface area (Å²) < 4.78 is 43.4. The molecule has 2 aromatic heterocycles. The number of carboxylic acid groups (broad SMARTS) is 1. The number of aromatic nitrogens is 3. The first-order valence-corrected chi connectivity index (χ1v) is 13.0. The highest BCUT2D eigenvalue weighted by Crippen LogP contribution is 2.38. The second-order valence-electron chi connectivity index (χ2n) is 8.95. The van der Waals surface area contributed by atoms with Crippen molar-refractivity contribution in [1.82, 2.24) is 13.8 Å². The number of hydrogen-bond acceptors (Lipinski definition) is 4. The van der Waals surface area contributed by atoms with E-state index < -0.39 is 16.0 Å². The zero-order chi connectivity index (χ0) is 25.6. The van der Waals surface area contributed by atoms with Gasteiger partial charge in [0.1, 0.15) is 5.82 Å². The van der Waals surface area contributed by atoms with Crippen molar-refractivity contribution in [3.8, 4) is 5.69 Å². The van der Waals surface area contributed by atoms with E-state index in [0.29, 0.717) is 16.6 Å². The summed E-state index contributed by atoms with van der Waals surface area (Å²) in [5.41, 5.74) is 3.61. The predicted molar refractivity (Wildman–Crippen MR) is 136 cm³/mol. The van der Waals surface area contributed by atoms with Gasteiger partial charge < -0.3 is 9.67 Å². The van der Waals surface area contributed by atoms with E-state index in [0.717, 1.165) is 26.2 Å². The molecule has 5 rings (SSSR count). The predicted octanol–water partition coefficient (Wildman–Crippen LogP) is 5.50. The molecule has 184 valence electrons. The minimum atomic E-state index is -3.93. The van der Waals surface area contributed by atoms with Gasteiger partial charge in [-0.05, 0) is 66.4 Å². The summed E-state index contributed by atoms with van der Waals surface area (Å²) in [7, 11) is -3.93. The van der Waals surface area contributed by atoms with Gasteiger partial charge in [-0.2, -0.15) is 17.6 Å². The van der Waals surface area contributed by atoms with E-state index in [1.807, 2.05) is 24.5 Å². The Morgan fingerprint density at radius 2 is 1.72 bits per heavy atom. The zero-order valence-electron chi connectivity index (χ0n) is 19.7. The third-order valence-corrected chi connectivity index (χ3v) is 7.89. The fourth-order valence-electron chi connectivity index (χ4n) is 4.75. The molecule has 7 nitrogen and oxygen atoms in total. The van der Waals surface area contributed by atoms with Crippen LogP contribution in [0.3, 0.4) is 0 Å². The molecule has 0 saturated heterocycles. The van der Waals surface area contributed by atoms with Crippen molar-refractivity contribution >= 4 is 37.8 Å². The van der Waals surface area contributed by atoms with E-state index in [-0.39, 0.29) is 29.5 Å². The quantitative estimate of drug-likeness (QED) is 0.315. The van der Waals surface area contributed by atoms with Gasteiger partial charge in [0.25, 0.3) is 10.0 Å². The standard InChI is InChI=1S/C27H24FN3O4S/c1-17(2)27-22-15-24-18(16-29-31(24)36(34,35)21-6-4-3-5-7-21)14-25(22)30(23(27)12-13-26(32)33)20-10-8-19(28)9-11-20/h3-11,14-17H,12-13H2,1-2H3,(H,32,33). The lowest BCUT2D eigenvalue weighted by Gasteiger charge is -2.13. The van der Waals surface area contributed by atoms with Crippen LogP contribution in [0.15, 0.2) is 77.8 Å². The van der Waals surface area contributed by atoms with E-state index in [9.17, 15) is 22.7 Å². The summed E-state index contributed by atoms with van der Waals surface area (Å²) in [6, 6.07) is 17.8. The van der Waals surface area contributed by atoms with Crippen LogP contribution in [-0.2, 0) is 21.2 Å². The molecule has 3 aromatic carbocycles. The molecule has 0 atom stereocenters. The molecule has 5 aromatic rings. The summed E-state index contributed by atoms with van der Waals surface area (Å²) in [5, 5.41) is 15.0. The molecule has 0 saturated carbocycles. The molecule has 0 unspecified atom stereocenters. The normalized spacial score (nSPS) is 12.1. The van der Waals surface area contributed by atoms with Crippen molar-refractivity contribution in [3.05, 3.63) is 90.0 Å². The van der Waals surface area contributed by atoms with Gasteiger partial charge in [0.15, 0.2) is 0 Å². The van der Waals surface area contributed by atoms with E-state index >= 15 is 0 Å². The molecule has 2 heterocycles. The van der Waals surface area contributed by atoms with Crippen LogP contribution in [-0.4, -0.2) is 33.2 Å². The molecule has 9 heteroatoms. The topological polar surface area (TPSA) is 94.2 Å². The number of carbonyl (C=O) groups is 1. The van der Waals surface area contributed by atoms with Crippen LogP contribution in [0, 0.1) is 5.82 Å². The highest BCUT2D eigenvalue weighted by molar-refractivity contribution is 7.90. The molecule has 0 bridgehead atoms. The first-order chi connectivity index (χ1) is 17.2. The third kappa shape index (κ3) is 3.95. The number of benzene rings is 3. The minimum absolute atomic E-state index is 0.0116. The molecule has 36 heavy (non-hydrogen) atoms. The van der Waals surface area contributed by atoms with E-state index in [1.54, 1.807) is 36.4 Å². The largest absolute Gasteiger partial charge is 0.481 e. The highest BCUT2D eigenvalue weighted by atomic mass is 32.2. The lowest BCUT2D eigenvalue weighted by molar-refractivity contribution is -0.136. The number of aliphatic carboxylic acids is 1. The third-order valence-electron chi connectivity index (χ3n) is 6.27. The van der Waals surface area contributed by atoms with Gasteiger partial charge >= 0.3 is 5.97 Å². The molecule has 1 N–H and O–H groups in total. The van der Waals surface area contributed by atoms with Crippen molar-refractivity contribution in [1.29, 1.82) is 0 Å². The smallest absolute Gasteiger partial charge is 0.303 e. The zero-order valence-corrected chi connectivity index (χ0v) is 20.5. The molecule has 0 aliphatic rings. The Hall–Kier alpha value is -3.98. The molecule has 0 fully saturated rings. The van der Waals surface area contributed by atoms with Gasteiger partial charge in [0.2, 0.25) is 0 Å². The molecular weight excluding hydrogens is 481 g/mol. The average Bonchev–Trinajstić information content (AvgIpc) is 3.41. The van der Waals surface area contributed by atoms with Crippen molar-refractivity contribution in [2.45, 2.75) is 37.5 Å². The van der Waals surface area contributed by atoms with Gasteiger partial charge in [-0.15, -0.1) is 0 Å². The van der Waals surface area contributed by atoms with Gasteiger partial charge in [0.05, 0.1) is 28.5 Å². The van der Waals surface area contributed by atoms with Crippen molar-refractivity contribution in [2.24, 2.45) is 0 Å². The number of fused-ring (bicyclic) bond motifs is 2. The molecule has 0 spiro atoms. The maximum absolute atomic E-state index is 13.7.